The number of rotatable bonds is 6. The zero-order chi connectivity index (χ0) is 18.4. The van der Waals surface area contributed by atoms with Gasteiger partial charge in [0.25, 0.3) is 5.91 Å². The van der Waals surface area contributed by atoms with E-state index in [-0.39, 0.29) is 16.3 Å². The van der Waals surface area contributed by atoms with Crippen molar-refractivity contribution in [3.05, 3.63) is 53.1 Å². The number of phenolic OH excluding ortho intramolecular Hbond substituents is 1. The second kappa shape index (κ2) is 8.39. The number of nitrogens with one attached hydrogen (secondary N) is 1. The van der Waals surface area contributed by atoms with Gasteiger partial charge in [0.15, 0.2) is 6.10 Å². The molecule has 2 aromatic carbocycles. The van der Waals surface area contributed by atoms with E-state index >= 15 is 0 Å². The van der Waals surface area contributed by atoms with Crippen molar-refractivity contribution < 1.29 is 24.2 Å². The fourth-order valence-corrected chi connectivity index (χ4v) is 2.21. The Labute approximate surface area is 150 Å². The average Bonchev–Trinajstić information content (AvgIpc) is 2.56. The molecule has 0 unspecified atom stereocenters. The van der Waals surface area contributed by atoms with E-state index in [1.165, 1.54) is 25.1 Å². The number of esters is 1. The number of para-hydroxylation sites is 2. The molecule has 2 N–H and O–H groups in total. The van der Waals surface area contributed by atoms with Crippen LogP contribution in [0.25, 0.3) is 0 Å². The van der Waals surface area contributed by atoms with Crippen LogP contribution < -0.4 is 10.1 Å². The molecule has 25 heavy (non-hydrogen) atoms. The van der Waals surface area contributed by atoms with E-state index in [4.69, 9.17) is 21.1 Å². The minimum atomic E-state index is -1.07. The van der Waals surface area contributed by atoms with Crippen LogP contribution in [0.1, 0.15) is 24.2 Å². The zero-order valence-electron chi connectivity index (χ0n) is 13.8. The van der Waals surface area contributed by atoms with Crippen LogP contribution in [-0.4, -0.2) is 29.7 Å². The molecule has 1 atom stereocenters. The van der Waals surface area contributed by atoms with Gasteiger partial charge in [0.2, 0.25) is 0 Å². The Hall–Kier alpha value is -2.73. The molecule has 0 aliphatic carbocycles. The first-order valence-electron chi connectivity index (χ1n) is 7.64. The van der Waals surface area contributed by atoms with E-state index in [1.54, 1.807) is 24.3 Å². The number of amides is 1. The van der Waals surface area contributed by atoms with Gasteiger partial charge >= 0.3 is 5.97 Å². The number of phenols is 1. The Morgan fingerprint density at radius 2 is 1.96 bits per heavy atom. The lowest BCUT2D eigenvalue weighted by Crippen LogP contribution is -2.30. The average molecular weight is 364 g/mol. The number of ether oxygens (including phenoxy) is 2. The van der Waals surface area contributed by atoms with Crippen LogP contribution in [-0.2, 0) is 9.53 Å². The van der Waals surface area contributed by atoms with E-state index in [0.29, 0.717) is 18.0 Å². The van der Waals surface area contributed by atoms with Crippen LogP contribution in [0, 0.1) is 0 Å². The fraction of sp³-hybridized carbons (Fsp3) is 0.222. The standard InChI is InChI=1S/C18H18ClNO5/c1-3-24-16-7-5-4-6-14(16)20-17(22)11(2)25-18(23)13-9-8-12(19)10-15(13)21/h4-11,21H,3H2,1-2H3,(H,20,22)/t11-/m0/s1. The summed E-state index contributed by atoms with van der Waals surface area (Å²) in [5.41, 5.74) is 0.408. The molecule has 0 fully saturated rings. The SMILES string of the molecule is CCOc1ccccc1NC(=O)[C@H](C)OC(=O)c1ccc(Cl)cc1O. The van der Waals surface area contributed by atoms with Gasteiger partial charge in [0.05, 0.1) is 12.3 Å². The Morgan fingerprint density at radius 1 is 1.24 bits per heavy atom. The summed E-state index contributed by atoms with van der Waals surface area (Å²) in [5.74, 6) is -1.14. The molecule has 6 nitrogen and oxygen atoms in total. The normalized spacial score (nSPS) is 11.5. The molecule has 0 aromatic heterocycles. The number of benzene rings is 2. The quantitative estimate of drug-likeness (QED) is 0.765. The van der Waals surface area contributed by atoms with Crippen LogP contribution in [0.15, 0.2) is 42.5 Å². The predicted molar refractivity (Wildman–Crippen MR) is 94.2 cm³/mol. The maximum absolute atomic E-state index is 12.2. The summed E-state index contributed by atoms with van der Waals surface area (Å²) in [7, 11) is 0. The molecular weight excluding hydrogens is 346 g/mol. The maximum atomic E-state index is 12.2. The molecule has 0 saturated carbocycles. The van der Waals surface area contributed by atoms with Crippen molar-refractivity contribution in [2.75, 3.05) is 11.9 Å². The second-order valence-corrected chi connectivity index (χ2v) is 5.56. The molecule has 0 spiro atoms. The van der Waals surface area contributed by atoms with Crippen molar-refractivity contribution in [1.82, 2.24) is 0 Å². The number of anilines is 1. The lowest BCUT2D eigenvalue weighted by atomic mass is 10.2. The van der Waals surface area contributed by atoms with Crippen LogP contribution in [0.2, 0.25) is 5.02 Å². The number of hydrogen-bond acceptors (Lipinski definition) is 5. The van der Waals surface area contributed by atoms with Gasteiger partial charge in [-0.25, -0.2) is 4.79 Å². The van der Waals surface area contributed by atoms with E-state index < -0.39 is 18.0 Å². The van der Waals surface area contributed by atoms with Crippen LogP contribution in [0.3, 0.4) is 0 Å². The van der Waals surface area contributed by atoms with E-state index in [1.807, 2.05) is 6.92 Å². The predicted octanol–water partition coefficient (Wildman–Crippen LogP) is 3.63. The summed E-state index contributed by atoms with van der Waals surface area (Å²) in [6, 6.07) is 10.9. The monoisotopic (exact) mass is 363 g/mol. The van der Waals surface area contributed by atoms with Gasteiger partial charge in [0, 0.05) is 5.02 Å². The van der Waals surface area contributed by atoms with Gasteiger partial charge in [-0.2, -0.15) is 0 Å². The highest BCUT2D eigenvalue weighted by Crippen LogP contribution is 2.25. The Bertz CT molecular complexity index is 778. The van der Waals surface area contributed by atoms with E-state index in [2.05, 4.69) is 5.32 Å². The molecule has 0 saturated heterocycles. The Kier molecular flexibility index (Phi) is 6.25. The number of carbonyl (C=O) groups is 2. The van der Waals surface area contributed by atoms with Gasteiger partial charge in [-0.05, 0) is 44.2 Å². The molecule has 2 aromatic rings. The van der Waals surface area contributed by atoms with Gasteiger partial charge in [0.1, 0.15) is 17.1 Å². The van der Waals surface area contributed by atoms with Crippen molar-refractivity contribution in [3.8, 4) is 11.5 Å². The first kappa shape index (κ1) is 18.6. The summed E-state index contributed by atoms with van der Waals surface area (Å²) in [6.45, 7) is 3.72. The largest absolute Gasteiger partial charge is 0.507 e. The van der Waals surface area contributed by atoms with E-state index in [0.717, 1.165) is 0 Å². The first-order valence-corrected chi connectivity index (χ1v) is 8.02. The van der Waals surface area contributed by atoms with Crippen LogP contribution in [0.5, 0.6) is 11.5 Å². The fourth-order valence-electron chi connectivity index (χ4n) is 2.04. The summed E-state index contributed by atoms with van der Waals surface area (Å²) in [6.07, 6.45) is -1.07. The second-order valence-electron chi connectivity index (χ2n) is 5.13. The molecule has 1 amide bonds. The molecule has 0 aliphatic heterocycles. The molecule has 2 rings (SSSR count). The van der Waals surface area contributed by atoms with Crippen molar-refractivity contribution >= 4 is 29.2 Å². The Morgan fingerprint density at radius 3 is 2.64 bits per heavy atom. The number of aromatic hydroxyl groups is 1. The molecule has 0 aliphatic rings. The van der Waals surface area contributed by atoms with Gasteiger partial charge in [-0.3, -0.25) is 4.79 Å². The molecular formula is C18H18ClNO5. The minimum absolute atomic E-state index is 0.0706. The molecule has 132 valence electrons. The molecule has 7 heteroatoms. The van der Waals surface area contributed by atoms with Crippen molar-refractivity contribution in [2.24, 2.45) is 0 Å². The van der Waals surface area contributed by atoms with Crippen molar-refractivity contribution in [1.29, 1.82) is 0 Å². The lowest BCUT2D eigenvalue weighted by Gasteiger charge is -2.16. The molecule has 0 bridgehead atoms. The first-order chi connectivity index (χ1) is 11.9. The van der Waals surface area contributed by atoms with E-state index in [9.17, 15) is 14.7 Å². The highest BCUT2D eigenvalue weighted by atomic mass is 35.5. The third-order valence-electron chi connectivity index (χ3n) is 3.28. The maximum Gasteiger partial charge on any atom is 0.342 e. The smallest absolute Gasteiger partial charge is 0.342 e. The molecule has 0 heterocycles. The number of hydrogen-bond donors (Lipinski definition) is 2. The summed E-state index contributed by atoms with van der Waals surface area (Å²) in [4.78, 5) is 24.3. The van der Waals surface area contributed by atoms with Crippen LogP contribution in [0.4, 0.5) is 5.69 Å². The minimum Gasteiger partial charge on any atom is -0.507 e. The van der Waals surface area contributed by atoms with Gasteiger partial charge in [-0.1, -0.05) is 23.7 Å². The lowest BCUT2D eigenvalue weighted by molar-refractivity contribution is -0.123. The van der Waals surface area contributed by atoms with Gasteiger partial charge < -0.3 is 19.9 Å². The summed E-state index contributed by atoms with van der Waals surface area (Å²) < 4.78 is 10.5. The highest BCUT2D eigenvalue weighted by molar-refractivity contribution is 6.30. The molecule has 0 radical (unpaired) electrons. The topological polar surface area (TPSA) is 84.9 Å². The number of halogens is 1. The van der Waals surface area contributed by atoms with Crippen LogP contribution >= 0.6 is 11.6 Å². The number of carbonyl (C=O) groups excluding carboxylic acids is 2. The summed E-state index contributed by atoms with van der Waals surface area (Å²) >= 11 is 5.72. The van der Waals surface area contributed by atoms with Crippen molar-refractivity contribution in [2.45, 2.75) is 20.0 Å². The zero-order valence-corrected chi connectivity index (χ0v) is 14.5. The Balaban J connectivity index is 2.04. The summed E-state index contributed by atoms with van der Waals surface area (Å²) in [5, 5.41) is 12.7. The third kappa shape index (κ3) is 4.87. The highest BCUT2D eigenvalue weighted by Gasteiger charge is 2.22. The van der Waals surface area contributed by atoms with Crippen molar-refractivity contribution in [3.63, 3.8) is 0 Å². The van der Waals surface area contributed by atoms with Gasteiger partial charge in [-0.15, -0.1) is 0 Å². The third-order valence-corrected chi connectivity index (χ3v) is 3.51.